The van der Waals surface area contributed by atoms with Crippen molar-refractivity contribution in [3.05, 3.63) is 66.2 Å². The first kappa shape index (κ1) is 20.8. The lowest BCUT2D eigenvalue weighted by atomic mass is 10.0. The molecule has 0 aromatic heterocycles. The molecule has 7 heteroatoms. The van der Waals surface area contributed by atoms with Crippen molar-refractivity contribution in [1.82, 2.24) is 0 Å². The van der Waals surface area contributed by atoms with Gasteiger partial charge in [0, 0.05) is 33.9 Å². The summed E-state index contributed by atoms with van der Waals surface area (Å²) in [7, 11) is 3.24. The zero-order chi connectivity index (χ0) is 21.8. The summed E-state index contributed by atoms with van der Waals surface area (Å²) in [4.78, 5) is 25.7. The second-order valence-electron chi connectivity index (χ2n) is 6.96. The van der Waals surface area contributed by atoms with E-state index in [9.17, 15) is 9.59 Å². The van der Waals surface area contributed by atoms with Gasteiger partial charge in [0.05, 0.1) is 19.9 Å². The number of fused-ring (bicyclic) bond motifs is 1. The Balaban J connectivity index is 1.59. The molecule has 3 aromatic rings. The number of methoxy groups -OCH3 is 2. The minimum absolute atomic E-state index is 0.0388. The third kappa shape index (κ3) is 4.67. The summed E-state index contributed by atoms with van der Waals surface area (Å²) in [6, 6.07) is 18.5. The van der Waals surface area contributed by atoms with E-state index < -0.39 is 0 Å². The van der Waals surface area contributed by atoms with Crippen LogP contribution in [0, 0.1) is 0 Å². The summed E-state index contributed by atoms with van der Waals surface area (Å²) >= 11 is 1.61. The molecule has 0 unspecified atom stereocenters. The fourth-order valence-electron chi connectivity index (χ4n) is 3.35. The van der Waals surface area contributed by atoms with E-state index in [1.54, 1.807) is 44.2 Å². The van der Waals surface area contributed by atoms with Crippen LogP contribution < -0.4 is 20.1 Å². The molecule has 1 aliphatic rings. The summed E-state index contributed by atoms with van der Waals surface area (Å²) in [5.74, 6) is 1.90. The molecule has 0 radical (unpaired) electrons. The van der Waals surface area contributed by atoms with E-state index in [4.69, 9.17) is 9.47 Å². The number of hydrogen-bond donors (Lipinski definition) is 2. The lowest BCUT2D eigenvalue weighted by Crippen LogP contribution is -2.14. The van der Waals surface area contributed by atoms with Crippen LogP contribution in [0.15, 0.2) is 65.6 Å². The summed E-state index contributed by atoms with van der Waals surface area (Å²) in [5, 5.41) is 5.81. The third-order valence-corrected chi connectivity index (χ3v) is 6.04. The van der Waals surface area contributed by atoms with Crippen LogP contribution in [0.3, 0.4) is 0 Å². The lowest BCUT2D eigenvalue weighted by molar-refractivity contribution is -0.115. The second kappa shape index (κ2) is 9.14. The molecule has 0 fully saturated rings. The fraction of sp³-hybridized carbons (Fsp3) is 0.167. The first-order chi connectivity index (χ1) is 15.1. The fourth-order valence-corrected chi connectivity index (χ4v) is 4.28. The molecule has 0 spiro atoms. The quantitative estimate of drug-likeness (QED) is 0.587. The van der Waals surface area contributed by atoms with E-state index in [1.807, 2.05) is 42.5 Å². The van der Waals surface area contributed by atoms with Gasteiger partial charge in [-0.15, -0.1) is 11.8 Å². The number of anilines is 2. The maximum atomic E-state index is 12.9. The average molecular weight is 435 g/mol. The molecule has 1 heterocycles. The van der Waals surface area contributed by atoms with Gasteiger partial charge in [-0.05, 0) is 54.1 Å². The molecular formula is C24H22N2O4S. The highest BCUT2D eigenvalue weighted by Gasteiger charge is 2.16. The zero-order valence-electron chi connectivity index (χ0n) is 17.2. The molecule has 0 atom stereocenters. The first-order valence-electron chi connectivity index (χ1n) is 9.78. The van der Waals surface area contributed by atoms with Crippen LogP contribution in [0.25, 0.3) is 11.1 Å². The van der Waals surface area contributed by atoms with Gasteiger partial charge in [0.2, 0.25) is 5.91 Å². The number of carbonyl (C=O) groups is 2. The Morgan fingerprint density at radius 1 is 1.00 bits per heavy atom. The maximum Gasteiger partial charge on any atom is 0.255 e. The highest BCUT2D eigenvalue weighted by molar-refractivity contribution is 7.99. The minimum Gasteiger partial charge on any atom is -0.497 e. The van der Waals surface area contributed by atoms with Gasteiger partial charge in [-0.2, -0.15) is 0 Å². The van der Waals surface area contributed by atoms with Gasteiger partial charge in [0.15, 0.2) is 0 Å². The van der Waals surface area contributed by atoms with Crippen LogP contribution in [0.4, 0.5) is 11.4 Å². The van der Waals surface area contributed by atoms with E-state index in [0.717, 1.165) is 27.5 Å². The number of rotatable bonds is 5. The number of ether oxygens (including phenoxy) is 2. The van der Waals surface area contributed by atoms with E-state index in [-0.39, 0.29) is 11.8 Å². The topological polar surface area (TPSA) is 76.7 Å². The molecule has 6 nitrogen and oxygen atoms in total. The summed E-state index contributed by atoms with van der Waals surface area (Å²) in [5.41, 5.74) is 3.59. The van der Waals surface area contributed by atoms with E-state index in [2.05, 4.69) is 10.6 Å². The predicted molar refractivity (Wildman–Crippen MR) is 123 cm³/mol. The van der Waals surface area contributed by atoms with Crippen molar-refractivity contribution in [3.63, 3.8) is 0 Å². The monoisotopic (exact) mass is 434 g/mol. The molecule has 0 bridgehead atoms. The summed E-state index contributed by atoms with van der Waals surface area (Å²) in [6.07, 6.45) is 0.459. The molecule has 158 valence electrons. The second-order valence-corrected chi connectivity index (χ2v) is 8.09. The number of benzene rings is 3. The molecule has 0 aliphatic carbocycles. The van der Waals surface area contributed by atoms with Crippen molar-refractivity contribution >= 4 is 35.0 Å². The molecule has 1 aliphatic heterocycles. The number of hydrogen-bond acceptors (Lipinski definition) is 5. The van der Waals surface area contributed by atoms with E-state index in [0.29, 0.717) is 29.1 Å². The smallest absolute Gasteiger partial charge is 0.255 e. The number of carbonyl (C=O) groups excluding carboxylic acids is 2. The van der Waals surface area contributed by atoms with Crippen molar-refractivity contribution in [2.45, 2.75) is 11.3 Å². The Labute approximate surface area is 185 Å². The Hall–Kier alpha value is -3.45. The number of thioether (sulfide) groups is 1. The molecule has 3 aromatic carbocycles. The van der Waals surface area contributed by atoms with Gasteiger partial charge in [0.1, 0.15) is 11.5 Å². The Kier molecular flexibility index (Phi) is 6.13. The van der Waals surface area contributed by atoms with Gasteiger partial charge >= 0.3 is 0 Å². The maximum absolute atomic E-state index is 12.9. The van der Waals surface area contributed by atoms with Gasteiger partial charge in [-0.25, -0.2) is 0 Å². The molecule has 0 saturated heterocycles. The molecule has 0 saturated carbocycles. The zero-order valence-corrected chi connectivity index (χ0v) is 18.0. The van der Waals surface area contributed by atoms with Crippen LogP contribution in [-0.2, 0) is 4.79 Å². The van der Waals surface area contributed by atoms with Crippen LogP contribution in [0.2, 0.25) is 0 Å². The predicted octanol–water partition coefficient (Wildman–Crippen LogP) is 5.06. The van der Waals surface area contributed by atoms with Gasteiger partial charge in [-0.1, -0.05) is 12.1 Å². The van der Waals surface area contributed by atoms with Crippen molar-refractivity contribution in [1.29, 1.82) is 0 Å². The largest absolute Gasteiger partial charge is 0.497 e. The molecule has 2 N–H and O–H groups in total. The minimum atomic E-state index is -0.253. The molecule has 2 amide bonds. The van der Waals surface area contributed by atoms with Gasteiger partial charge in [0.25, 0.3) is 5.91 Å². The lowest BCUT2D eigenvalue weighted by Gasteiger charge is -2.13. The Bertz CT molecular complexity index is 1130. The van der Waals surface area contributed by atoms with Gasteiger partial charge in [-0.3, -0.25) is 9.59 Å². The van der Waals surface area contributed by atoms with Gasteiger partial charge < -0.3 is 20.1 Å². The third-order valence-electron chi connectivity index (χ3n) is 4.96. The highest BCUT2D eigenvalue weighted by Crippen LogP contribution is 2.34. The SMILES string of the molecule is COc1ccc(-c2cc(NC(=O)c3ccc4c(c3)NC(=O)CCS4)ccc2OC)cc1. The molecule has 4 rings (SSSR count). The van der Waals surface area contributed by atoms with Crippen LogP contribution >= 0.6 is 11.8 Å². The highest BCUT2D eigenvalue weighted by atomic mass is 32.2. The van der Waals surface area contributed by atoms with Crippen molar-refractivity contribution in [2.75, 3.05) is 30.6 Å². The molecular weight excluding hydrogens is 412 g/mol. The van der Waals surface area contributed by atoms with Crippen molar-refractivity contribution in [2.24, 2.45) is 0 Å². The van der Waals surface area contributed by atoms with Crippen LogP contribution in [0.5, 0.6) is 11.5 Å². The molecule has 31 heavy (non-hydrogen) atoms. The number of amides is 2. The number of nitrogens with one attached hydrogen (secondary N) is 2. The Morgan fingerprint density at radius 3 is 2.55 bits per heavy atom. The van der Waals surface area contributed by atoms with E-state index in [1.165, 1.54) is 0 Å². The normalized spacial score (nSPS) is 12.9. The Morgan fingerprint density at radius 2 is 1.81 bits per heavy atom. The van der Waals surface area contributed by atoms with Crippen LogP contribution in [0.1, 0.15) is 16.8 Å². The summed E-state index contributed by atoms with van der Waals surface area (Å²) < 4.78 is 10.7. The van der Waals surface area contributed by atoms with Crippen molar-refractivity contribution < 1.29 is 19.1 Å². The average Bonchev–Trinajstić information content (AvgIpc) is 2.98. The first-order valence-corrected chi connectivity index (χ1v) is 10.8. The summed E-state index contributed by atoms with van der Waals surface area (Å²) in [6.45, 7) is 0. The van der Waals surface area contributed by atoms with E-state index >= 15 is 0 Å². The standard InChI is InChI=1S/C24H22N2O4S/c1-29-18-7-3-15(4-8-18)19-14-17(6-9-21(19)30-2)25-24(28)16-5-10-22-20(13-16)26-23(27)11-12-31-22/h3-10,13-14H,11-12H2,1-2H3,(H,25,28)(H,26,27). The van der Waals surface area contributed by atoms with Crippen molar-refractivity contribution in [3.8, 4) is 22.6 Å². The van der Waals surface area contributed by atoms with Crippen LogP contribution in [-0.4, -0.2) is 31.8 Å².